The van der Waals surface area contributed by atoms with Crippen LogP contribution in [0.4, 0.5) is 28.0 Å². The van der Waals surface area contributed by atoms with Crippen LogP contribution in [-0.4, -0.2) is 37.1 Å². The third kappa shape index (κ3) is 4.59. The monoisotopic (exact) mass is 319 g/mol. The Bertz CT molecular complexity index is 547. The molecule has 4 nitrogen and oxygen atoms in total. The van der Waals surface area contributed by atoms with Crippen molar-refractivity contribution in [1.29, 1.82) is 0 Å². The molecule has 2 amide bonds. The summed E-state index contributed by atoms with van der Waals surface area (Å²) in [6, 6.07) is 1.23. The summed E-state index contributed by atoms with van der Waals surface area (Å²) in [5, 5.41) is 4.93. The molecule has 1 aromatic carbocycles. The lowest BCUT2D eigenvalue weighted by Crippen LogP contribution is -2.47. The van der Waals surface area contributed by atoms with E-state index in [9.17, 15) is 22.4 Å². The third-order valence-corrected chi connectivity index (χ3v) is 3.44. The van der Waals surface area contributed by atoms with Crippen molar-refractivity contribution in [3.05, 3.63) is 29.6 Å². The molecule has 0 bridgehead atoms. The van der Waals surface area contributed by atoms with Gasteiger partial charge < -0.3 is 15.5 Å². The molecule has 0 spiro atoms. The van der Waals surface area contributed by atoms with E-state index in [1.807, 2.05) is 7.05 Å². The van der Waals surface area contributed by atoms with Crippen LogP contribution in [0.5, 0.6) is 0 Å². The molecule has 1 aliphatic rings. The lowest BCUT2D eigenvalue weighted by molar-refractivity contribution is -0.137. The number of rotatable bonds is 2. The van der Waals surface area contributed by atoms with Crippen molar-refractivity contribution >= 4 is 11.7 Å². The first-order valence-electron chi connectivity index (χ1n) is 6.88. The van der Waals surface area contributed by atoms with Crippen LogP contribution in [0.1, 0.15) is 18.4 Å². The third-order valence-electron chi connectivity index (χ3n) is 3.44. The summed E-state index contributed by atoms with van der Waals surface area (Å²) in [5.41, 5.74) is -1.37. The van der Waals surface area contributed by atoms with Gasteiger partial charge in [0, 0.05) is 18.3 Å². The van der Waals surface area contributed by atoms with E-state index in [1.54, 1.807) is 0 Å². The fraction of sp³-hybridized carbons (Fsp3) is 0.500. The predicted molar refractivity (Wildman–Crippen MR) is 74.1 cm³/mol. The standard InChI is InChI=1S/C14H17F4N3O/c1-21-4-2-3-11(8-21)19-13(22)20-12-6-9(14(16,17)18)5-10(15)7-12/h5-7,11H,2-4,8H2,1H3,(H2,19,20,22). The lowest BCUT2D eigenvalue weighted by Gasteiger charge is -2.30. The van der Waals surface area contributed by atoms with Gasteiger partial charge in [-0.1, -0.05) is 0 Å². The predicted octanol–water partition coefficient (Wildman–Crippen LogP) is 3.06. The summed E-state index contributed by atoms with van der Waals surface area (Å²) >= 11 is 0. The second-order valence-corrected chi connectivity index (χ2v) is 5.43. The maximum Gasteiger partial charge on any atom is 0.416 e. The number of likely N-dealkylation sites (tertiary alicyclic amines) is 1. The lowest BCUT2D eigenvalue weighted by atomic mass is 10.1. The van der Waals surface area contributed by atoms with E-state index in [0.29, 0.717) is 18.7 Å². The summed E-state index contributed by atoms with van der Waals surface area (Å²) in [5.74, 6) is -1.05. The Morgan fingerprint density at radius 1 is 1.32 bits per heavy atom. The largest absolute Gasteiger partial charge is 0.416 e. The van der Waals surface area contributed by atoms with Crippen LogP contribution >= 0.6 is 0 Å². The average Bonchev–Trinajstić information content (AvgIpc) is 2.36. The Labute approximate surface area is 125 Å². The fourth-order valence-corrected chi connectivity index (χ4v) is 2.46. The highest BCUT2D eigenvalue weighted by molar-refractivity contribution is 5.89. The number of nitrogens with zero attached hydrogens (tertiary/aromatic N) is 1. The molecule has 1 heterocycles. The summed E-state index contributed by atoms with van der Waals surface area (Å²) in [6.45, 7) is 1.61. The second kappa shape index (κ2) is 6.51. The van der Waals surface area contributed by atoms with Gasteiger partial charge in [0.1, 0.15) is 5.82 Å². The molecule has 2 N–H and O–H groups in total. The zero-order chi connectivity index (χ0) is 16.3. The normalized spacial score (nSPS) is 19.8. The molecule has 1 aromatic rings. The minimum atomic E-state index is -4.67. The zero-order valence-electron chi connectivity index (χ0n) is 12.0. The smallest absolute Gasteiger partial charge is 0.334 e. The van der Waals surface area contributed by atoms with Crippen molar-refractivity contribution in [2.24, 2.45) is 0 Å². The number of urea groups is 1. The molecule has 122 valence electrons. The SMILES string of the molecule is CN1CCCC(NC(=O)Nc2cc(F)cc(C(F)(F)F)c2)C1. The zero-order valence-corrected chi connectivity index (χ0v) is 12.0. The number of carbonyl (C=O) groups excluding carboxylic acids is 1. The van der Waals surface area contributed by atoms with Crippen molar-refractivity contribution in [2.45, 2.75) is 25.1 Å². The Morgan fingerprint density at radius 3 is 2.68 bits per heavy atom. The van der Waals surface area contributed by atoms with E-state index >= 15 is 0 Å². The summed E-state index contributed by atoms with van der Waals surface area (Å²) in [7, 11) is 1.92. The van der Waals surface area contributed by atoms with Crippen molar-refractivity contribution in [3.63, 3.8) is 0 Å². The number of halogens is 4. The highest BCUT2D eigenvalue weighted by atomic mass is 19.4. The number of benzene rings is 1. The van der Waals surface area contributed by atoms with Crippen LogP contribution in [0.25, 0.3) is 0 Å². The first kappa shape index (κ1) is 16.5. The van der Waals surface area contributed by atoms with Gasteiger partial charge in [-0.2, -0.15) is 13.2 Å². The van der Waals surface area contributed by atoms with Gasteiger partial charge in [0.05, 0.1) is 5.56 Å². The summed E-state index contributed by atoms with van der Waals surface area (Å²) < 4.78 is 51.0. The van der Waals surface area contributed by atoms with Gasteiger partial charge in [-0.3, -0.25) is 0 Å². The van der Waals surface area contributed by atoms with Crippen LogP contribution in [0.2, 0.25) is 0 Å². The van der Waals surface area contributed by atoms with Crippen LogP contribution in [-0.2, 0) is 6.18 Å². The molecule has 0 aromatic heterocycles. The van der Waals surface area contributed by atoms with Crippen LogP contribution in [0, 0.1) is 5.82 Å². The van der Waals surface area contributed by atoms with Crippen molar-refractivity contribution in [3.8, 4) is 0 Å². The van der Waals surface area contributed by atoms with E-state index in [0.717, 1.165) is 25.5 Å². The molecule has 22 heavy (non-hydrogen) atoms. The summed E-state index contributed by atoms with van der Waals surface area (Å²) in [4.78, 5) is 13.9. The molecule has 0 radical (unpaired) electrons. The van der Waals surface area contributed by atoms with Crippen LogP contribution < -0.4 is 10.6 Å². The van der Waals surface area contributed by atoms with Crippen molar-refractivity contribution in [1.82, 2.24) is 10.2 Å². The minimum absolute atomic E-state index is 0.0746. The molecule has 1 fully saturated rings. The van der Waals surface area contributed by atoms with Crippen molar-refractivity contribution in [2.75, 3.05) is 25.5 Å². The number of anilines is 1. The van der Waals surface area contributed by atoms with E-state index in [4.69, 9.17) is 0 Å². The molecular weight excluding hydrogens is 302 g/mol. The van der Waals surface area contributed by atoms with Gasteiger partial charge in [-0.15, -0.1) is 0 Å². The number of amides is 2. The molecule has 2 rings (SSSR count). The Kier molecular flexibility index (Phi) is 4.90. The molecule has 0 aliphatic carbocycles. The second-order valence-electron chi connectivity index (χ2n) is 5.43. The number of likely N-dealkylation sites (N-methyl/N-ethyl adjacent to an activating group) is 1. The Hall–Kier alpha value is -1.83. The molecule has 1 aliphatic heterocycles. The molecule has 8 heteroatoms. The minimum Gasteiger partial charge on any atom is -0.334 e. The van der Waals surface area contributed by atoms with Crippen molar-refractivity contribution < 1.29 is 22.4 Å². The van der Waals surface area contributed by atoms with E-state index < -0.39 is 23.6 Å². The topological polar surface area (TPSA) is 44.4 Å². The molecule has 0 saturated carbocycles. The van der Waals surface area contributed by atoms with Gasteiger partial charge in [-0.25, -0.2) is 9.18 Å². The van der Waals surface area contributed by atoms with Crippen LogP contribution in [0.3, 0.4) is 0 Å². The van der Waals surface area contributed by atoms with Gasteiger partial charge >= 0.3 is 12.2 Å². The Morgan fingerprint density at radius 2 is 2.05 bits per heavy atom. The van der Waals surface area contributed by atoms with E-state index in [-0.39, 0.29) is 11.7 Å². The quantitative estimate of drug-likeness (QED) is 0.823. The fourth-order valence-electron chi connectivity index (χ4n) is 2.46. The molecule has 1 atom stereocenters. The number of nitrogens with one attached hydrogen (secondary N) is 2. The maximum absolute atomic E-state index is 13.2. The number of hydrogen-bond acceptors (Lipinski definition) is 2. The number of carbonyl (C=O) groups is 1. The maximum atomic E-state index is 13.2. The number of piperidine rings is 1. The van der Waals surface area contributed by atoms with Gasteiger partial charge in [0.15, 0.2) is 0 Å². The molecule has 1 saturated heterocycles. The first-order chi connectivity index (χ1) is 10.2. The van der Waals surface area contributed by atoms with Crippen LogP contribution in [0.15, 0.2) is 18.2 Å². The number of hydrogen-bond donors (Lipinski definition) is 2. The van der Waals surface area contributed by atoms with E-state index in [2.05, 4.69) is 15.5 Å². The average molecular weight is 319 g/mol. The van der Waals surface area contributed by atoms with Gasteiger partial charge in [-0.05, 0) is 44.6 Å². The number of alkyl halides is 3. The van der Waals surface area contributed by atoms with Gasteiger partial charge in [0.25, 0.3) is 0 Å². The highest BCUT2D eigenvalue weighted by Crippen LogP contribution is 2.31. The van der Waals surface area contributed by atoms with E-state index in [1.165, 1.54) is 0 Å². The highest BCUT2D eigenvalue weighted by Gasteiger charge is 2.31. The summed E-state index contributed by atoms with van der Waals surface area (Å²) in [6.07, 6.45) is -2.94. The molecular formula is C14H17F4N3O. The molecule has 1 unspecified atom stereocenters. The van der Waals surface area contributed by atoms with Gasteiger partial charge in [0.2, 0.25) is 0 Å². The first-order valence-corrected chi connectivity index (χ1v) is 6.88. The Balaban J connectivity index is 2.00.